The molecule has 9 heteroatoms. The van der Waals surface area contributed by atoms with Crippen molar-refractivity contribution in [3.8, 4) is 5.75 Å². The first kappa shape index (κ1) is 21.6. The number of anilines is 1. The predicted octanol–water partition coefficient (Wildman–Crippen LogP) is 3.19. The van der Waals surface area contributed by atoms with E-state index < -0.39 is 11.9 Å². The molecule has 8 nitrogen and oxygen atoms in total. The van der Waals surface area contributed by atoms with Crippen LogP contribution in [0, 0.1) is 0 Å². The average molecular weight is 432 g/mol. The lowest BCUT2D eigenvalue weighted by atomic mass is 10.1. The van der Waals surface area contributed by atoms with Gasteiger partial charge in [0, 0.05) is 28.9 Å². The number of nitrogens with one attached hydrogen (secondary N) is 2. The van der Waals surface area contributed by atoms with Gasteiger partial charge < -0.3 is 25.6 Å². The Labute approximate surface area is 178 Å². The molecular weight excluding hydrogens is 406 g/mol. The molecule has 0 bridgehead atoms. The fourth-order valence-electron chi connectivity index (χ4n) is 3.24. The molecule has 1 aromatic heterocycles. The van der Waals surface area contributed by atoms with Gasteiger partial charge in [-0.05, 0) is 49.4 Å². The Bertz CT molecular complexity index is 876. The van der Waals surface area contributed by atoms with E-state index in [9.17, 15) is 0 Å². The van der Waals surface area contributed by atoms with E-state index in [-0.39, 0.29) is 0 Å². The normalized spacial score (nSPS) is 15.5. The van der Waals surface area contributed by atoms with Gasteiger partial charge in [0.25, 0.3) is 0 Å². The Hall–Kier alpha value is -3.07. The first-order valence-electron chi connectivity index (χ1n) is 9.84. The minimum atomic E-state index is -1.82. The summed E-state index contributed by atoms with van der Waals surface area (Å²) in [7, 11) is 0. The summed E-state index contributed by atoms with van der Waals surface area (Å²) in [6, 6.07) is 10.8. The van der Waals surface area contributed by atoms with E-state index in [1.54, 1.807) is 11.3 Å². The molecule has 0 amide bonds. The Kier molecular flexibility index (Phi) is 7.67. The van der Waals surface area contributed by atoms with Crippen molar-refractivity contribution in [1.29, 1.82) is 0 Å². The number of aliphatic imine (C=N–C) groups is 1. The number of hydrogen-bond acceptors (Lipinski definition) is 7. The van der Waals surface area contributed by atoms with Gasteiger partial charge in [-0.3, -0.25) is 4.99 Å². The maximum Gasteiger partial charge on any atom is 0.414 e. The topological polar surface area (TPSA) is 120 Å². The van der Waals surface area contributed by atoms with Gasteiger partial charge in [-0.2, -0.15) is 0 Å². The second kappa shape index (κ2) is 10.6. The van der Waals surface area contributed by atoms with Crippen molar-refractivity contribution < 1.29 is 24.5 Å². The zero-order valence-electron chi connectivity index (χ0n) is 16.5. The van der Waals surface area contributed by atoms with Gasteiger partial charge in [0.05, 0.1) is 12.6 Å². The van der Waals surface area contributed by atoms with Crippen LogP contribution in [0.2, 0.25) is 0 Å². The maximum absolute atomic E-state index is 9.10. The van der Waals surface area contributed by atoms with E-state index in [0.29, 0.717) is 6.10 Å². The van der Waals surface area contributed by atoms with Gasteiger partial charge in [-0.25, -0.2) is 9.59 Å². The molecule has 30 heavy (non-hydrogen) atoms. The number of aliphatic carboxylic acids is 2. The lowest BCUT2D eigenvalue weighted by Gasteiger charge is -2.10. The van der Waals surface area contributed by atoms with E-state index >= 15 is 0 Å². The lowest BCUT2D eigenvalue weighted by molar-refractivity contribution is -0.159. The van der Waals surface area contributed by atoms with Crippen LogP contribution in [0.5, 0.6) is 5.75 Å². The quantitative estimate of drug-likeness (QED) is 0.537. The Morgan fingerprint density at radius 1 is 1.17 bits per heavy atom. The van der Waals surface area contributed by atoms with Crippen LogP contribution < -0.4 is 15.4 Å². The van der Waals surface area contributed by atoms with Crippen LogP contribution in [-0.2, 0) is 16.0 Å². The van der Waals surface area contributed by atoms with Crippen molar-refractivity contribution in [3.63, 3.8) is 0 Å². The van der Waals surface area contributed by atoms with Crippen molar-refractivity contribution in [2.45, 2.75) is 38.2 Å². The molecule has 0 atom stereocenters. The number of carbonyl (C=O) groups is 2. The van der Waals surface area contributed by atoms with Crippen LogP contribution in [0.4, 0.5) is 5.69 Å². The zero-order chi connectivity index (χ0) is 21.3. The molecule has 1 saturated carbocycles. The van der Waals surface area contributed by atoms with Crippen LogP contribution in [0.25, 0.3) is 0 Å². The average Bonchev–Trinajstić information content (AvgIpc) is 3.48. The highest BCUT2D eigenvalue weighted by atomic mass is 32.1. The van der Waals surface area contributed by atoms with Crippen molar-refractivity contribution in [1.82, 2.24) is 5.32 Å². The Morgan fingerprint density at radius 3 is 2.47 bits per heavy atom. The van der Waals surface area contributed by atoms with Gasteiger partial charge in [-0.15, -0.1) is 11.3 Å². The molecule has 2 aliphatic rings. The molecule has 4 N–H and O–H groups in total. The van der Waals surface area contributed by atoms with Gasteiger partial charge in [-0.1, -0.05) is 12.1 Å². The minimum Gasteiger partial charge on any atom is -0.490 e. The third kappa shape index (κ3) is 6.77. The fraction of sp³-hybridized carbons (Fsp3) is 0.381. The highest BCUT2D eigenvalue weighted by Gasteiger charge is 2.17. The smallest absolute Gasteiger partial charge is 0.414 e. The number of hydrogen-bond donors (Lipinski definition) is 4. The summed E-state index contributed by atoms with van der Waals surface area (Å²) >= 11 is 1.79. The highest BCUT2D eigenvalue weighted by Crippen LogP contribution is 2.29. The summed E-state index contributed by atoms with van der Waals surface area (Å²) in [5, 5.41) is 23.4. The molecule has 160 valence electrons. The van der Waals surface area contributed by atoms with E-state index in [0.717, 1.165) is 36.9 Å². The monoisotopic (exact) mass is 431 g/mol. The number of thiophene rings is 1. The Morgan fingerprint density at radius 2 is 1.87 bits per heavy atom. The van der Waals surface area contributed by atoms with E-state index in [4.69, 9.17) is 24.5 Å². The summed E-state index contributed by atoms with van der Waals surface area (Å²) in [6.45, 7) is 1.77. The lowest BCUT2D eigenvalue weighted by Crippen LogP contribution is -2.26. The van der Waals surface area contributed by atoms with Gasteiger partial charge >= 0.3 is 11.9 Å². The summed E-state index contributed by atoms with van der Waals surface area (Å²) in [5.74, 6) is -1.73. The summed E-state index contributed by atoms with van der Waals surface area (Å²) in [4.78, 5) is 23.9. The van der Waals surface area contributed by atoms with E-state index in [1.165, 1.54) is 36.1 Å². The van der Waals surface area contributed by atoms with Crippen LogP contribution in [0.15, 0.2) is 40.7 Å². The fourth-order valence-corrected chi connectivity index (χ4v) is 4.06. The number of nitrogens with zero attached hydrogens (tertiary/aromatic N) is 1. The molecule has 1 aliphatic carbocycles. The van der Waals surface area contributed by atoms with Crippen molar-refractivity contribution in [2.75, 3.05) is 18.4 Å². The molecule has 1 fully saturated rings. The predicted molar refractivity (Wildman–Crippen MR) is 116 cm³/mol. The van der Waals surface area contributed by atoms with Crippen LogP contribution in [-0.4, -0.2) is 47.3 Å². The number of guanidine groups is 1. The number of carboxylic acids is 2. The van der Waals surface area contributed by atoms with Crippen LogP contribution in [0.1, 0.15) is 36.1 Å². The molecule has 1 aromatic carbocycles. The van der Waals surface area contributed by atoms with Gasteiger partial charge in [0.15, 0.2) is 5.96 Å². The van der Waals surface area contributed by atoms with Gasteiger partial charge in [0.1, 0.15) is 5.75 Å². The third-order valence-electron chi connectivity index (χ3n) is 4.69. The number of carboxylic acid groups (broad SMARTS) is 2. The second-order valence-corrected chi connectivity index (χ2v) is 8.03. The van der Waals surface area contributed by atoms with E-state index in [2.05, 4.69) is 51.3 Å². The summed E-state index contributed by atoms with van der Waals surface area (Å²) < 4.78 is 6.07. The molecule has 4 rings (SSSR count). The molecular formula is C21H25N3O5S. The van der Waals surface area contributed by atoms with Gasteiger partial charge in [0.2, 0.25) is 0 Å². The molecule has 0 radical (unpaired) electrons. The second-order valence-electron chi connectivity index (χ2n) is 7.04. The summed E-state index contributed by atoms with van der Waals surface area (Å²) in [5.41, 5.74) is 2.39. The molecule has 1 aliphatic heterocycles. The first-order chi connectivity index (χ1) is 14.5. The number of rotatable bonds is 5. The summed E-state index contributed by atoms with van der Waals surface area (Å²) in [6.07, 6.45) is 6.43. The third-order valence-corrected chi connectivity index (χ3v) is 5.60. The Balaban J connectivity index is 0.000000377. The molecule has 2 aromatic rings. The van der Waals surface area contributed by atoms with Crippen molar-refractivity contribution in [3.05, 3.63) is 46.2 Å². The largest absolute Gasteiger partial charge is 0.490 e. The molecule has 0 spiro atoms. The number of benzene rings is 1. The molecule has 2 heterocycles. The van der Waals surface area contributed by atoms with Crippen molar-refractivity contribution >= 4 is 34.9 Å². The maximum atomic E-state index is 9.10. The molecule has 0 saturated heterocycles. The van der Waals surface area contributed by atoms with Crippen LogP contribution in [0.3, 0.4) is 0 Å². The van der Waals surface area contributed by atoms with E-state index in [1.807, 2.05) is 0 Å². The van der Waals surface area contributed by atoms with Crippen LogP contribution >= 0.6 is 11.3 Å². The standard InChI is InChI=1S/C19H23N3OS.C2H2O4/c1-2-4-16(3-1)23-17-12-18(24-13-17)11-14-5-7-15(8-6-14)22-19-20-9-10-21-19;3-1(4)2(5)6/h5-8,12-13,16H,1-4,9-11H2,(H2,20,21,22);(H,3,4)(H,5,6). The first-order valence-corrected chi connectivity index (χ1v) is 10.7. The molecule has 0 unspecified atom stereocenters. The zero-order valence-corrected chi connectivity index (χ0v) is 17.3. The minimum absolute atomic E-state index is 0.435. The highest BCUT2D eigenvalue weighted by molar-refractivity contribution is 7.10. The SMILES string of the molecule is O=C(O)C(=O)O.c1cc(NC2=NCCN2)ccc1Cc1cc(OC2CCCC2)cs1. The van der Waals surface area contributed by atoms with Crippen molar-refractivity contribution in [2.24, 2.45) is 4.99 Å². The number of ether oxygens (including phenoxy) is 1.